The lowest BCUT2D eigenvalue weighted by Gasteiger charge is -2.35. The number of nitrogens with one attached hydrogen (secondary N) is 1. The molecule has 1 heterocycles. The summed E-state index contributed by atoms with van der Waals surface area (Å²) in [6, 6.07) is 17.8. The van der Waals surface area contributed by atoms with E-state index < -0.39 is 0 Å². The van der Waals surface area contributed by atoms with Crippen LogP contribution in [0.5, 0.6) is 5.75 Å². The summed E-state index contributed by atoms with van der Waals surface area (Å²) in [4.78, 5) is 17.9. The van der Waals surface area contributed by atoms with Crippen molar-refractivity contribution in [1.29, 1.82) is 0 Å². The van der Waals surface area contributed by atoms with Crippen LogP contribution < -0.4 is 10.1 Å². The number of pyridine rings is 1. The molecule has 1 N–H and O–H groups in total. The zero-order valence-corrected chi connectivity index (χ0v) is 18.8. The van der Waals surface area contributed by atoms with Crippen molar-refractivity contribution >= 4 is 22.5 Å². The van der Waals surface area contributed by atoms with Gasteiger partial charge in [0.05, 0.1) is 12.6 Å². The smallest absolute Gasteiger partial charge is 0.274 e. The number of nitrogens with zero attached hydrogens (tertiary/aromatic N) is 1. The third kappa shape index (κ3) is 4.50. The fourth-order valence-electron chi connectivity index (χ4n) is 5.83. The van der Waals surface area contributed by atoms with Crippen molar-refractivity contribution in [2.75, 3.05) is 12.4 Å². The Bertz CT molecular complexity index is 1070. The molecule has 0 saturated heterocycles. The minimum absolute atomic E-state index is 0.159. The van der Waals surface area contributed by atoms with Crippen molar-refractivity contribution < 1.29 is 9.53 Å². The number of carbonyl (C=O) groups is 1. The number of para-hydroxylation sites is 1. The SMILES string of the molecule is COc1ccc(NC(=O)c2cc(C3CC4CCCC(CCC4)C3)c3ccccc3n2)cc1. The number of ether oxygens (including phenoxy) is 1. The predicted octanol–water partition coefficient (Wildman–Crippen LogP) is 6.96. The van der Waals surface area contributed by atoms with E-state index >= 15 is 0 Å². The molecule has 6 rings (SSSR count). The summed E-state index contributed by atoms with van der Waals surface area (Å²) in [5, 5.41) is 4.22. The third-order valence-electron chi connectivity index (χ3n) is 7.45. The maximum Gasteiger partial charge on any atom is 0.274 e. The van der Waals surface area contributed by atoms with E-state index in [-0.39, 0.29) is 5.91 Å². The van der Waals surface area contributed by atoms with Gasteiger partial charge in [-0.25, -0.2) is 4.98 Å². The molecular weight excluding hydrogens is 396 g/mol. The molecule has 0 aliphatic heterocycles. The topological polar surface area (TPSA) is 51.2 Å². The number of fused-ring (bicyclic) bond motifs is 7. The van der Waals surface area contributed by atoms with Crippen LogP contribution in [0.3, 0.4) is 0 Å². The van der Waals surface area contributed by atoms with E-state index in [1.807, 2.05) is 36.4 Å². The number of benzene rings is 2. The fraction of sp³-hybridized carbons (Fsp3) is 0.429. The predicted molar refractivity (Wildman–Crippen MR) is 129 cm³/mol. The minimum atomic E-state index is -0.159. The van der Waals surface area contributed by atoms with Crippen molar-refractivity contribution in [3.8, 4) is 5.75 Å². The number of methoxy groups -OCH3 is 1. The lowest BCUT2D eigenvalue weighted by atomic mass is 9.71. The maximum atomic E-state index is 13.2. The van der Waals surface area contributed by atoms with Gasteiger partial charge in [0.15, 0.2) is 0 Å². The summed E-state index contributed by atoms with van der Waals surface area (Å²) in [6.07, 6.45) is 10.7. The maximum absolute atomic E-state index is 13.2. The van der Waals surface area contributed by atoms with Gasteiger partial charge in [0.1, 0.15) is 11.4 Å². The molecule has 0 unspecified atom stereocenters. The molecule has 3 aliphatic rings. The number of aromatic nitrogens is 1. The van der Waals surface area contributed by atoms with Crippen molar-refractivity contribution in [3.63, 3.8) is 0 Å². The zero-order chi connectivity index (χ0) is 21.9. The first-order valence-corrected chi connectivity index (χ1v) is 12.0. The Morgan fingerprint density at radius 1 is 0.938 bits per heavy atom. The van der Waals surface area contributed by atoms with Crippen LogP contribution in [0.4, 0.5) is 5.69 Å². The van der Waals surface area contributed by atoms with Gasteiger partial charge in [-0.1, -0.05) is 56.7 Å². The highest BCUT2D eigenvalue weighted by atomic mass is 16.5. The van der Waals surface area contributed by atoms with Crippen LogP contribution in [0.1, 0.15) is 73.3 Å². The average molecular weight is 429 g/mol. The Balaban J connectivity index is 1.49. The van der Waals surface area contributed by atoms with E-state index in [2.05, 4.69) is 23.5 Å². The second kappa shape index (κ2) is 9.32. The van der Waals surface area contributed by atoms with Gasteiger partial charge in [-0.2, -0.15) is 0 Å². The molecule has 4 nitrogen and oxygen atoms in total. The fourth-order valence-corrected chi connectivity index (χ4v) is 5.83. The number of hydrogen-bond donors (Lipinski definition) is 1. The standard InChI is InChI=1S/C28H32N2O2/c1-32-23-14-12-22(13-15-23)29-28(31)27-18-25(24-10-2-3-11-26(24)30-27)21-16-19-6-4-7-20(17-21)9-5-8-19/h2-3,10-15,18-21H,4-9,16-17H2,1H3,(H,29,31). The Morgan fingerprint density at radius 2 is 1.59 bits per heavy atom. The quantitative estimate of drug-likeness (QED) is 0.489. The van der Waals surface area contributed by atoms with Crippen LogP contribution in [0.15, 0.2) is 54.6 Å². The zero-order valence-electron chi connectivity index (χ0n) is 18.8. The summed E-state index contributed by atoms with van der Waals surface area (Å²) in [6.45, 7) is 0. The molecule has 0 radical (unpaired) electrons. The molecule has 1 aromatic heterocycles. The first-order valence-electron chi connectivity index (χ1n) is 12.0. The number of anilines is 1. The van der Waals surface area contributed by atoms with Crippen molar-refractivity contribution in [2.45, 2.75) is 57.3 Å². The lowest BCUT2D eigenvalue weighted by Crippen LogP contribution is -2.21. The highest BCUT2D eigenvalue weighted by molar-refractivity contribution is 6.04. The van der Waals surface area contributed by atoms with E-state index in [1.54, 1.807) is 7.11 Å². The molecule has 0 spiro atoms. The van der Waals surface area contributed by atoms with Gasteiger partial charge in [-0.3, -0.25) is 4.79 Å². The van der Waals surface area contributed by atoms with Crippen LogP contribution in [0.2, 0.25) is 0 Å². The molecule has 32 heavy (non-hydrogen) atoms. The molecule has 3 fully saturated rings. The van der Waals surface area contributed by atoms with Gasteiger partial charge in [-0.05, 0) is 72.6 Å². The van der Waals surface area contributed by atoms with E-state index in [0.29, 0.717) is 11.6 Å². The van der Waals surface area contributed by atoms with E-state index in [0.717, 1.165) is 28.8 Å². The first-order chi connectivity index (χ1) is 15.7. The molecule has 4 heteroatoms. The molecule has 1 amide bonds. The molecule has 3 aromatic rings. The second-order valence-corrected chi connectivity index (χ2v) is 9.56. The molecule has 166 valence electrons. The van der Waals surface area contributed by atoms with Crippen LogP contribution >= 0.6 is 0 Å². The van der Waals surface area contributed by atoms with Crippen molar-refractivity contribution in [3.05, 3.63) is 65.9 Å². The third-order valence-corrected chi connectivity index (χ3v) is 7.45. The van der Waals surface area contributed by atoms with Crippen molar-refractivity contribution in [2.24, 2.45) is 11.8 Å². The Morgan fingerprint density at radius 3 is 2.25 bits per heavy atom. The minimum Gasteiger partial charge on any atom is -0.497 e. The monoisotopic (exact) mass is 428 g/mol. The van der Waals surface area contributed by atoms with Gasteiger partial charge in [-0.15, -0.1) is 0 Å². The van der Waals surface area contributed by atoms with Gasteiger partial charge in [0.25, 0.3) is 5.91 Å². The summed E-state index contributed by atoms with van der Waals surface area (Å²) in [5.74, 6) is 2.73. The van der Waals surface area contributed by atoms with Crippen molar-refractivity contribution in [1.82, 2.24) is 4.98 Å². The molecule has 2 aromatic carbocycles. The highest BCUT2D eigenvalue weighted by Crippen LogP contribution is 2.44. The first kappa shape index (κ1) is 21.0. The molecule has 3 aliphatic carbocycles. The number of rotatable bonds is 4. The van der Waals surface area contributed by atoms with Gasteiger partial charge in [0, 0.05) is 11.1 Å². The molecule has 2 bridgehead atoms. The number of amides is 1. The van der Waals surface area contributed by atoms with E-state index in [1.165, 1.54) is 62.3 Å². The summed E-state index contributed by atoms with van der Waals surface area (Å²) in [7, 11) is 1.64. The Labute approximate surface area is 190 Å². The normalized spacial score (nSPS) is 23.2. The second-order valence-electron chi connectivity index (χ2n) is 9.56. The summed E-state index contributed by atoms with van der Waals surface area (Å²) in [5.41, 5.74) is 3.47. The van der Waals surface area contributed by atoms with Crippen LogP contribution in [0.25, 0.3) is 10.9 Å². The number of hydrogen-bond acceptors (Lipinski definition) is 3. The molecule has 0 atom stereocenters. The van der Waals surface area contributed by atoms with Gasteiger partial charge < -0.3 is 10.1 Å². The Kier molecular flexibility index (Phi) is 6.11. The largest absolute Gasteiger partial charge is 0.497 e. The van der Waals surface area contributed by atoms with Crippen LogP contribution in [-0.4, -0.2) is 18.0 Å². The summed E-state index contributed by atoms with van der Waals surface area (Å²) < 4.78 is 5.22. The van der Waals surface area contributed by atoms with Crippen LogP contribution in [-0.2, 0) is 0 Å². The van der Waals surface area contributed by atoms with E-state index in [9.17, 15) is 4.79 Å². The highest BCUT2D eigenvalue weighted by Gasteiger charge is 2.29. The molecular formula is C28H32N2O2. The van der Waals surface area contributed by atoms with Gasteiger partial charge >= 0.3 is 0 Å². The Hall–Kier alpha value is -2.88. The van der Waals surface area contributed by atoms with Crippen LogP contribution in [0, 0.1) is 11.8 Å². The van der Waals surface area contributed by atoms with E-state index in [4.69, 9.17) is 9.72 Å². The lowest BCUT2D eigenvalue weighted by molar-refractivity contribution is 0.102. The molecule has 3 saturated carbocycles. The average Bonchev–Trinajstić information content (AvgIpc) is 2.78. The van der Waals surface area contributed by atoms with Gasteiger partial charge in [0.2, 0.25) is 0 Å². The number of carbonyl (C=O) groups excluding carboxylic acids is 1. The summed E-state index contributed by atoms with van der Waals surface area (Å²) >= 11 is 0.